The maximum absolute atomic E-state index is 12.2. The summed E-state index contributed by atoms with van der Waals surface area (Å²) in [5, 5.41) is 3.50. The lowest BCUT2D eigenvalue weighted by Gasteiger charge is -2.27. The van der Waals surface area contributed by atoms with E-state index in [-0.39, 0.29) is 17.9 Å². The van der Waals surface area contributed by atoms with Gasteiger partial charge in [-0.3, -0.25) is 4.79 Å². The molecule has 2 aliphatic rings. The third-order valence-corrected chi connectivity index (χ3v) is 3.94. The van der Waals surface area contributed by atoms with E-state index in [9.17, 15) is 9.59 Å². The summed E-state index contributed by atoms with van der Waals surface area (Å²) in [5.41, 5.74) is 2.66. The Kier molecular flexibility index (Phi) is 3.51. The zero-order valence-corrected chi connectivity index (χ0v) is 12.2. The van der Waals surface area contributed by atoms with E-state index >= 15 is 0 Å². The van der Waals surface area contributed by atoms with Crippen LogP contribution in [0, 0.1) is 6.92 Å². The number of rotatable bonds is 3. The van der Waals surface area contributed by atoms with Gasteiger partial charge in [-0.25, -0.2) is 14.8 Å². The third kappa shape index (κ3) is 2.23. The number of ether oxygens (including phenoxy) is 1. The highest BCUT2D eigenvalue weighted by molar-refractivity contribution is 5.92. The van der Waals surface area contributed by atoms with Gasteiger partial charge in [-0.15, -0.1) is 0 Å². The standard InChI is InChI=1S/C16H18N2O3/c1-3-21-16(20)13-10-18-14(19)8-9-17(18)15(13)12-7-5-4-6-11(12)2/h4-7,10,15H,3,8-9H2,1-2H3/t15-/m1/s1. The topological polar surface area (TPSA) is 49.9 Å². The summed E-state index contributed by atoms with van der Waals surface area (Å²) in [6.45, 7) is 4.74. The molecule has 5 heteroatoms. The highest BCUT2D eigenvalue weighted by Crippen LogP contribution is 2.40. The third-order valence-electron chi connectivity index (χ3n) is 3.94. The van der Waals surface area contributed by atoms with Gasteiger partial charge in [0.2, 0.25) is 5.91 Å². The highest BCUT2D eigenvalue weighted by atomic mass is 16.5. The normalized spacial score (nSPS) is 21.4. The number of carbonyl (C=O) groups is 2. The van der Waals surface area contributed by atoms with Crippen LogP contribution in [0.25, 0.3) is 0 Å². The number of benzene rings is 1. The molecule has 1 amide bonds. The van der Waals surface area contributed by atoms with Crippen LogP contribution in [-0.2, 0) is 14.3 Å². The molecule has 110 valence electrons. The molecule has 1 atom stereocenters. The summed E-state index contributed by atoms with van der Waals surface area (Å²) in [5.74, 6) is -0.333. The van der Waals surface area contributed by atoms with Crippen molar-refractivity contribution in [2.24, 2.45) is 0 Å². The smallest absolute Gasteiger partial charge is 0.337 e. The predicted molar refractivity (Wildman–Crippen MR) is 76.8 cm³/mol. The average molecular weight is 286 g/mol. The summed E-state index contributed by atoms with van der Waals surface area (Å²) in [6, 6.07) is 7.69. The number of hydrogen-bond donors (Lipinski definition) is 0. The molecule has 2 aliphatic heterocycles. The van der Waals surface area contributed by atoms with Crippen molar-refractivity contribution in [1.82, 2.24) is 10.0 Å². The molecule has 0 radical (unpaired) electrons. The second-order valence-electron chi connectivity index (χ2n) is 5.22. The van der Waals surface area contributed by atoms with Gasteiger partial charge < -0.3 is 4.74 Å². The predicted octanol–water partition coefficient (Wildman–Crippen LogP) is 1.95. The number of aryl methyl sites for hydroxylation is 1. The molecule has 0 unspecified atom stereocenters. The molecular weight excluding hydrogens is 268 g/mol. The van der Waals surface area contributed by atoms with Gasteiger partial charge in [-0.2, -0.15) is 0 Å². The molecule has 3 rings (SSSR count). The van der Waals surface area contributed by atoms with Gasteiger partial charge in [0, 0.05) is 19.2 Å². The lowest BCUT2D eigenvalue weighted by Crippen LogP contribution is -2.33. The van der Waals surface area contributed by atoms with E-state index in [2.05, 4.69) is 0 Å². The maximum Gasteiger partial charge on any atom is 0.337 e. The maximum atomic E-state index is 12.2. The Bertz CT molecular complexity index is 624. The number of nitrogens with zero attached hydrogens (tertiary/aromatic N) is 2. The Morgan fingerprint density at radius 2 is 2.14 bits per heavy atom. The fourth-order valence-corrected chi connectivity index (χ4v) is 2.94. The minimum atomic E-state index is -0.354. The minimum Gasteiger partial charge on any atom is -0.463 e. The first-order valence-corrected chi connectivity index (χ1v) is 7.16. The van der Waals surface area contributed by atoms with Crippen LogP contribution in [0.1, 0.15) is 30.5 Å². The summed E-state index contributed by atoms with van der Waals surface area (Å²) in [7, 11) is 0. The summed E-state index contributed by atoms with van der Waals surface area (Å²) < 4.78 is 5.15. The van der Waals surface area contributed by atoms with Crippen LogP contribution in [-0.4, -0.2) is 35.0 Å². The van der Waals surface area contributed by atoms with Crippen molar-refractivity contribution >= 4 is 11.9 Å². The van der Waals surface area contributed by atoms with E-state index in [0.717, 1.165) is 11.1 Å². The lowest BCUT2D eigenvalue weighted by molar-refractivity contribution is -0.139. The molecule has 5 nitrogen and oxygen atoms in total. The van der Waals surface area contributed by atoms with Crippen molar-refractivity contribution in [1.29, 1.82) is 0 Å². The van der Waals surface area contributed by atoms with Gasteiger partial charge in [0.15, 0.2) is 0 Å². The molecule has 0 aromatic heterocycles. The Balaban J connectivity index is 2.03. The zero-order chi connectivity index (χ0) is 15.0. The Morgan fingerprint density at radius 1 is 1.38 bits per heavy atom. The molecule has 1 fully saturated rings. The van der Waals surface area contributed by atoms with E-state index in [1.807, 2.05) is 36.2 Å². The lowest BCUT2D eigenvalue weighted by atomic mass is 9.95. The van der Waals surface area contributed by atoms with Gasteiger partial charge >= 0.3 is 5.97 Å². The molecule has 0 aliphatic carbocycles. The van der Waals surface area contributed by atoms with Crippen LogP contribution >= 0.6 is 0 Å². The zero-order valence-electron chi connectivity index (χ0n) is 12.2. The second-order valence-corrected chi connectivity index (χ2v) is 5.22. The van der Waals surface area contributed by atoms with Crippen LogP contribution in [0.2, 0.25) is 0 Å². The molecule has 0 bridgehead atoms. The monoisotopic (exact) mass is 286 g/mol. The fraction of sp³-hybridized carbons (Fsp3) is 0.375. The van der Waals surface area contributed by atoms with Gasteiger partial charge in [0.25, 0.3) is 0 Å². The average Bonchev–Trinajstić information content (AvgIpc) is 3.00. The number of esters is 1. The fourth-order valence-electron chi connectivity index (χ4n) is 2.94. The SMILES string of the molecule is CCOC(=O)C1=CN2C(=O)CCN2[C@@H]1c1ccccc1C. The van der Waals surface area contributed by atoms with Crippen molar-refractivity contribution in [3.05, 3.63) is 47.2 Å². The van der Waals surface area contributed by atoms with Gasteiger partial charge in [-0.05, 0) is 25.0 Å². The molecule has 21 heavy (non-hydrogen) atoms. The van der Waals surface area contributed by atoms with Crippen molar-refractivity contribution in [2.45, 2.75) is 26.3 Å². The summed E-state index contributed by atoms with van der Waals surface area (Å²) in [4.78, 5) is 24.2. The number of amides is 1. The Labute approximate surface area is 123 Å². The van der Waals surface area contributed by atoms with Crippen molar-refractivity contribution < 1.29 is 14.3 Å². The number of fused-ring (bicyclic) bond motifs is 1. The van der Waals surface area contributed by atoms with Crippen molar-refractivity contribution in [3.63, 3.8) is 0 Å². The van der Waals surface area contributed by atoms with E-state index in [1.165, 1.54) is 0 Å². The largest absolute Gasteiger partial charge is 0.463 e. The molecular formula is C16H18N2O3. The molecule has 1 aromatic carbocycles. The van der Waals surface area contributed by atoms with Crippen LogP contribution in [0.15, 0.2) is 36.0 Å². The molecule has 2 heterocycles. The van der Waals surface area contributed by atoms with Crippen LogP contribution in [0.4, 0.5) is 0 Å². The molecule has 0 spiro atoms. The van der Waals surface area contributed by atoms with Crippen molar-refractivity contribution in [3.8, 4) is 0 Å². The minimum absolute atomic E-state index is 0.0212. The van der Waals surface area contributed by atoms with E-state index in [1.54, 1.807) is 18.1 Å². The molecule has 1 aromatic rings. The van der Waals surface area contributed by atoms with E-state index < -0.39 is 0 Å². The quantitative estimate of drug-likeness (QED) is 0.797. The van der Waals surface area contributed by atoms with Gasteiger partial charge in [0.1, 0.15) is 0 Å². The van der Waals surface area contributed by atoms with Crippen LogP contribution < -0.4 is 0 Å². The van der Waals surface area contributed by atoms with Crippen LogP contribution in [0.3, 0.4) is 0 Å². The first kappa shape index (κ1) is 13.8. The number of hydrogen-bond acceptors (Lipinski definition) is 4. The van der Waals surface area contributed by atoms with Crippen LogP contribution in [0.5, 0.6) is 0 Å². The Hall–Kier alpha value is -2.14. The first-order chi connectivity index (χ1) is 10.1. The number of hydrazine groups is 1. The summed E-state index contributed by atoms with van der Waals surface area (Å²) in [6.07, 6.45) is 2.11. The summed E-state index contributed by atoms with van der Waals surface area (Å²) >= 11 is 0. The van der Waals surface area contributed by atoms with E-state index in [4.69, 9.17) is 4.74 Å². The molecule has 1 saturated heterocycles. The van der Waals surface area contributed by atoms with Gasteiger partial charge in [0.05, 0.1) is 18.2 Å². The first-order valence-electron chi connectivity index (χ1n) is 7.16. The second kappa shape index (κ2) is 5.33. The van der Waals surface area contributed by atoms with E-state index in [0.29, 0.717) is 25.1 Å². The van der Waals surface area contributed by atoms with Gasteiger partial charge in [-0.1, -0.05) is 24.3 Å². The Morgan fingerprint density at radius 3 is 2.86 bits per heavy atom. The molecule has 0 saturated carbocycles. The van der Waals surface area contributed by atoms with Crippen molar-refractivity contribution in [2.75, 3.05) is 13.2 Å². The number of carbonyl (C=O) groups excluding carboxylic acids is 2. The highest BCUT2D eigenvalue weighted by Gasteiger charge is 2.44. The molecule has 0 N–H and O–H groups in total.